The molecule has 0 unspecified atom stereocenters. The monoisotopic (exact) mass is 273 g/mol. The van der Waals surface area contributed by atoms with E-state index in [0.29, 0.717) is 6.04 Å². The molecule has 4 heteroatoms. The van der Waals surface area contributed by atoms with E-state index in [9.17, 15) is 0 Å². The van der Waals surface area contributed by atoms with Crippen LogP contribution in [-0.4, -0.2) is 29.0 Å². The van der Waals surface area contributed by atoms with Crippen LogP contribution in [0.25, 0.3) is 10.6 Å². The molecular formula is C15H19N3S. The van der Waals surface area contributed by atoms with Crippen LogP contribution in [0.5, 0.6) is 0 Å². The molecule has 1 aliphatic heterocycles. The Bertz CT molecular complexity index is 547. The first-order valence-electron chi connectivity index (χ1n) is 6.70. The van der Waals surface area contributed by atoms with E-state index in [1.54, 1.807) is 11.3 Å². The largest absolute Gasteiger partial charge is 0.326 e. The fourth-order valence-electron chi connectivity index (χ4n) is 2.44. The van der Waals surface area contributed by atoms with Crippen molar-refractivity contribution in [2.24, 2.45) is 5.73 Å². The van der Waals surface area contributed by atoms with Gasteiger partial charge in [0.05, 0.1) is 5.69 Å². The summed E-state index contributed by atoms with van der Waals surface area (Å²) in [5, 5.41) is 3.28. The quantitative estimate of drug-likeness (QED) is 0.935. The van der Waals surface area contributed by atoms with Crippen molar-refractivity contribution < 1.29 is 0 Å². The smallest absolute Gasteiger partial charge is 0.123 e. The fourth-order valence-corrected chi connectivity index (χ4v) is 3.26. The van der Waals surface area contributed by atoms with Gasteiger partial charge in [0.15, 0.2) is 0 Å². The van der Waals surface area contributed by atoms with Crippen molar-refractivity contribution in [1.82, 2.24) is 9.88 Å². The van der Waals surface area contributed by atoms with Crippen molar-refractivity contribution in [2.45, 2.75) is 25.9 Å². The number of benzene rings is 1. The molecule has 1 aromatic heterocycles. The van der Waals surface area contributed by atoms with Gasteiger partial charge in [-0.1, -0.05) is 29.8 Å². The second-order valence-electron chi connectivity index (χ2n) is 5.29. The van der Waals surface area contributed by atoms with Gasteiger partial charge in [-0.05, 0) is 13.3 Å². The van der Waals surface area contributed by atoms with Crippen LogP contribution in [0.4, 0.5) is 0 Å². The third kappa shape index (κ3) is 3.03. The van der Waals surface area contributed by atoms with Gasteiger partial charge in [0, 0.05) is 36.6 Å². The normalized spacial score (nSPS) is 20.0. The first-order chi connectivity index (χ1) is 9.20. The first kappa shape index (κ1) is 12.8. The van der Waals surface area contributed by atoms with E-state index in [2.05, 4.69) is 41.5 Å². The Morgan fingerprint density at radius 1 is 1.37 bits per heavy atom. The molecule has 0 aliphatic carbocycles. The number of aromatic nitrogens is 1. The number of nitrogens with zero attached hydrogens (tertiary/aromatic N) is 2. The molecule has 0 radical (unpaired) electrons. The van der Waals surface area contributed by atoms with Gasteiger partial charge in [-0.2, -0.15) is 0 Å². The molecule has 1 aliphatic rings. The molecule has 0 amide bonds. The van der Waals surface area contributed by atoms with Gasteiger partial charge >= 0.3 is 0 Å². The van der Waals surface area contributed by atoms with Gasteiger partial charge in [-0.3, -0.25) is 4.90 Å². The molecule has 2 aromatic rings. The van der Waals surface area contributed by atoms with Crippen LogP contribution >= 0.6 is 11.3 Å². The lowest BCUT2D eigenvalue weighted by atomic mass is 10.2. The molecule has 19 heavy (non-hydrogen) atoms. The third-order valence-electron chi connectivity index (χ3n) is 3.54. The Morgan fingerprint density at radius 2 is 2.16 bits per heavy atom. The molecule has 3 nitrogen and oxygen atoms in total. The van der Waals surface area contributed by atoms with E-state index >= 15 is 0 Å². The van der Waals surface area contributed by atoms with Gasteiger partial charge in [0.1, 0.15) is 5.01 Å². The summed E-state index contributed by atoms with van der Waals surface area (Å²) in [6, 6.07) is 8.90. The number of hydrogen-bond acceptors (Lipinski definition) is 4. The van der Waals surface area contributed by atoms with Crippen molar-refractivity contribution in [3.8, 4) is 10.6 Å². The minimum atomic E-state index is 0.343. The molecule has 3 rings (SSSR count). The molecule has 0 saturated carbocycles. The highest BCUT2D eigenvalue weighted by molar-refractivity contribution is 7.13. The van der Waals surface area contributed by atoms with Gasteiger partial charge in [-0.25, -0.2) is 4.98 Å². The number of rotatable bonds is 3. The topological polar surface area (TPSA) is 42.2 Å². The second-order valence-corrected chi connectivity index (χ2v) is 6.15. The van der Waals surface area contributed by atoms with Crippen molar-refractivity contribution in [3.05, 3.63) is 40.9 Å². The van der Waals surface area contributed by atoms with E-state index in [4.69, 9.17) is 10.7 Å². The summed E-state index contributed by atoms with van der Waals surface area (Å²) in [6.45, 7) is 5.12. The predicted molar refractivity (Wildman–Crippen MR) is 80.2 cm³/mol. The van der Waals surface area contributed by atoms with E-state index in [1.165, 1.54) is 11.1 Å². The third-order valence-corrected chi connectivity index (χ3v) is 4.48. The maximum absolute atomic E-state index is 5.93. The van der Waals surface area contributed by atoms with E-state index < -0.39 is 0 Å². The van der Waals surface area contributed by atoms with Gasteiger partial charge in [0.2, 0.25) is 0 Å². The highest BCUT2D eigenvalue weighted by atomic mass is 32.1. The van der Waals surface area contributed by atoms with E-state index in [-0.39, 0.29) is 0 Å². The summed E-state index contributed by atoms with van der Waals surface area (Å²) in [4.78, 5) is 7.12. The maximum Gasteiger partial charge on any atom is 0.123 e. The van der Waals surface area contributed by atoms with Crippen LogP contribution in [-0.2, 0) is 6.54 Å². The summed E-state index contributed by atoms with van der Waals surface area (Å²) in [6.07, 6.45) is 1.11. The number of aryl methyl sites for hydroxylation is 1. The Hall–Kier alpha value is -1.23. The minimum Gasteiger partial charge on any atom is -0.326 e. The summed E-state index contributed by atoms with van der Waals surface area (Å²) >= 11 is 1.72. The fraction of sp³-hybridized carbons (Fsp3) is 0.400. The van der Waals surface area contributed by atoms with Crippen LogP contribution in [0.2, 0.25) is 0 Å². The minimum absolute atomic E-state index is 0.343. The zero-order valence-corrected chi connectivity index (χ0v) is 12.0. The lowest BCUT2D eigenvalue weighted by Crippen LogP contribution is -2.26. The lowest BCUT2D eigenvalue weighted by molar-refractivity contribution is 0.323. The molecule has 2 heterocycles. The van der Waals surface area contributed by atoms with Crippen LogP contribution in [0.3, 0.4) is 0 Å². The van der Waals surface area contributed by atoms with Crippen molar-refractivity contribution in [3.63, 3.8) is 0 Å². The molecule has 0 spiro atoms. The highest BCUT2D eigenvalue weighted by Gasteiger charge is 2.19. The number of nitrogens with two attached hydrogens (primary N) is 1. The Morgan fingerprint density at radius 3 is 2.84 bits per heavy atom. The Balaban J connectivity index is 1.71. The van der Waals surface area contributed by atoms with Gasteiger partial charge < -0.3 is 5.73 Å². The van der Waals surface area contributed by atoms with Gasteiger partial charge in [-0.15, -0.1) is 11.3 Å². The maximum atomic E-state index is 5.93. The molecule has 1 atom stereocenters. The summed E-state index contributed by atoms with van der Waals surface area (Å²) < 4.78 is 0. The predicted octanol–water partition coefficient (Wildman–Crippen LogP) is 2.65. The van der Waals surface area contributed by atoms with E-state index in [1.807, 2.05) is 0 Å². The van der Waals surface area contributed by atoms with Crippen LogP contribution in [0.1, 0.15) is 17.7 Å². The average molecular weight is 273 g/mol. The SMILES string of the molecule is Cc1ccc(-c2nc(CN3CC[C@H](N)C3)cs2)cc1. The molecule has 100 valence electrons. The number of thiazole rings is 1. The summed E-state index contributed by atoms with van der Waals surface area (Å²) in [5.74, 6) is 0. The Kier molecular flexibility index (Phi) is 3.64. The number of hydrogen-bond donors (Lipinski definition) is 1. The van der Waals surface area contributed by atoms with Crippen molar-refractivity contribution in [1.29, 1.82) is 0 Å². The van der Waals surface area contributed by atoms with Crippen molar-refractivity contribution in [2.75, 3.05) is 13.1 Å². The first-order valence-corrected chi connectivity index (χ1v) is 7.58. The highest BCUT2D eigenvalue weighted by Crippen LogP contribution is 2.25. The standard InChI is InChI=1S/C15H19N3S/c1-11-2-4-12(5-3-11)15-17-14(10-19-15)9-18-7-6-13(16)8-18/h2-5,10,13H,6-9,16H2,1H3/t13-/m0/s1. The summed E-state index contributed by atoms with van der Waals surface area (Å²) in [7, 11) is 0. The van der Waals surface area contributed by atoms with Crippen LogP contribution in [0, 0.1) is 6.92 Å². The molecule has 1 saturated heterocycles. The molecule has 2 N–H and O–H groups in total. The molecular weight excluding hydrogens is 254 g/mol. The van der Waals surface area contributed by atoms with Crippen LogP contribution < -0.4 is 5.73 Å². The molecule has 1 fully saturated rings. The van der Waals surface area contributed by atoms with Crippen molar-refractivity contribution >= 4 is 11.3 Å². The Labute approximate surface area is 118 Å². The lowest BCUT2D eigenvalue weighted by Gasteiger charge is -2.12. The summed E-state index contributed by atoms with van der Waals surface area (Å²) in [5.41, 5.74) is 9.58. The van der Waals surface area contributed by atoms with Gasteiger partial charge in [0.25, 0.3) is 0 Å². The van der Waals surface area contributed by atoms with Crippen LogP contribution in [0.15, 0.2) is 29.6 Å². The average Bonchev–Trinajstić information content (AvgIpc) is 3.00. The molecule has 1 aromatic carbocycles. The number of likely N-dealkylation sites (tertiary alicyclic amines) is 1. The molecule has 0 bridgehead atoms. The van der Waals surface area contributed by atoms with E-state index in [0.717, 1.165) is 36.8 Å². The zero-order valence-electron chi connectivity index (χ0n) is 11.2. The zero-order chi connectivity index (χ0) is 13.2. The second kappa shape index (κ2) is 5.41.